The van der Waals surface area contributed by atoms with Crippen LogP contribution in [0.25, 0.3) is 0 Å². The molecule has 0 bridgehead atoms. The molecule has 3 N–H and O–H groups in total. The molecule has 0 atom stereocenters. The van der Waals surface area contributed by atoms with Crippen LogP contribution in [0.2, 0.25) is 0 Å². The van der Waals surface area contributed by atoms with E-state index in [0.717, 1.165) is 23.4 Å². The summed E-state index contributed by atoms with van der Waals surface area (Å²) in [7, 11) is 0. The summed E-state index contributed by atoms with van der Waals surface area (Å²) in [5, 5.41) is 19.5. The molecular weight excluding hydrogens is 278 g/mol. The Hall–Kier alpha value is -2.14. The fourth-order valence-corrected chi connectivity index (χ4v) is 2.11. The number of aromatic amines is 1. The Morgan fingerprint density at radius 1 is 1.32 bits per heavy atom. The van der Waals surface area contributed by atoms with E-state index in [1.54, 1.807) is 13.8 Å². The van der Waals surface area contributed by atoms with Crippen molar-refractivity contribution in [3.8, 4) is 0 Å². The number of hydrogen-bond donors (Lipinski definition) is 3. The molecule has 2 aromatic rings. The van der Waals surface area contributed by atoms with Crippen molar-refractivity contribution < 1.29 is 9.90 Å². The van der Waals surface area contributed by atoms with Crippen molar-refractivity contribution in [3.63, 3.8) is 0 Å². The molecule has 0 aliphatic carbocycles. The van der Waals surface area contributed by atoms with Crippen LogP contribution >= 0.6 is 0 Å². The Labute approximate surface area is 130 Å². The topological polar surface area (TPSA) is 78.0 Å². The molecule has 0 spiro atoms. The van der Waals surface area contributed by atoms with Gasteiger partial charge in [0.05, 0.1) is 17.8 Å². The first-order valence-corrected chi connectivity index (χ1v) is 7.44. The van der Waals surface area contributed by atoms with E-state index < -0.39 is 5.60 Å². The van der Waals surface area contributed by atoms with Gasteiger partial charge in [-0.2, -0.15) is 5.10 Å². The van der Waals surface area contributed by atoms with Gasteiger partial charge in [-0.05, 0) is 57.4 Å². The summed E-state index contributed by atoms with van der Waals surface area (Å²) in [5.41, 5.74) is 2.85. The first kappa shape index (κ1) is 16.2. The summed E-state index contributed by atoms with van der Waals surface area (Å²) < 4.78 is 0. The highest BCUT2D eigenvalue weighted by Crippen LogP contribution is 2.14. The van der Waals surface area contributed by atoms with Crippen molar-refractivity contribution in [1.29, 1.82) is 0 Å². The predicted octanol–water partition coefficient (Wildman–Crippen LogP) is 2.35. The van der Waals surface area contributed by atoms with E-state index in [4.69, 9.17) is 0 Å². The third-order valence-electron chi connectivity index (χ3n) is 3.43. The van der Waals surface area contributed by atoms with Gasteiger partial charge in [-0.25, -0.2) is 0 Å². The maximum atomic E-state index is 12.1. The first-order valence-electron chi connectivity index (χ1n) is 7.44. The lowest BCUT2D eigenvalue weighted by atomic mass is 9.98. The van der Waals surface area contributed by atoms with Crippen LogP contribution in [0.3, 0.4) is 0 Å². The highest BCUT2D eigenvalue weighted by Gasteiger charge is 2.12. The zero-order valence-electron chi connectivity index (χ0n) is 13.3. The number of hydrogen-bond acceptors (Lipinski definition) is 3. The molecule has 5 heteroatoms. The summed E-state index contributed by atoms with van der Waals surface area (Å²) in [5.74, 6) is -0.116. The molecule has 0 aliphatic heterocycles. The lowest BCUT2D eigenvalue weighted by molar-refractivity contribution is 0.0713. The van der Waals surface area contributed by atoms with Gasteiger partial charge in [0.1, 0.15) is 0 Å². The minimum absolute atomic E-state index is 0.116. The van der Waals surface area contributed by atoms with Crippen LogP contribution in [0.4, 0.5) is 0 Å². The van der Waals surface area contributed by atoms with E-state index in [0.29, 0.717) is 18.5 Å². The molecule has 0 unspecified atom stereocenters. The Balaban J connectivity index is 1.88. The van der Waals surface area contributed by atoms with Crippen molar-refractivity contribution in [2.75, 3.05) is 0 Å². The minimum atomic E-state index is -0.669. The number of rotatable bonds is 6. The molecule has 2 rings (SSSR count). The Morgan fingerprint density at radius 2 is 2.00 bits per heavy atom. The standard InChI is InChI=1S/C17H23N3O2/c1-12-10-15(20-19-12)11-18-16(21)14-6-4-13(5-7-14)8-9-17(2,3)22/h4-7,10,22H,8-9,11H2,1-3H3,(H,18,21)(H,19,20). The number of benzene rings is 1. The summed E-state index contributed by atoms with van der Waals surface area (Å²) in [6.45, 7) is 5.92. The maximum absolute atomic E-state index is 12.1. The van der Waals surface area contributed by atoms with Gasteiger partial charge >= 0.3 is 0 Å². The fourth-order valence-electron chi connectivity index (χ4n) is 2.11. The van der Waals surface area contributed by atoms with E-state index in [2.05, 4.69) is 15.5 Å². The number of carbonyl (C=O) groups is 1. The number of nitrogens with zero attached hydrogens (tertiary/aromatic N) is 1. The van der Waals surface area contributed by atoms with Crippen molar-refractivity contribution in [2.45, 2.75) is 45.8 Å². The van der Waals surface area contributed by atoms with Gasteiger partial charge in [0.2, 0.25) is 0 Å². The van der Waals surface area contributed by atoms with Gasteiger partial charge in [-0.1, -0.05) is 12.1 Å². The molecule has 1 heterocycles. The number of aliphatic hydroxyl groups is 1. The third kappa shape index (κ3) is 5.00. The Bertz CT molecular complexity index is 624. The number of H-pyrrole nitrogens is 1. The molecule has 5 nitrogen and oxygen atoms in total. The Morgan fingerprint density at radius 3 is 2.55 bits per heavy atom. The van der Waals surface area contributed by atoms with Gasteiger partial charge in [0, 0.05) is 11.3 Å². The van der Waals surface area contributed by atoms with Crippen LogP contribution in [-0.4, -0.2) is 26.8 Å². The zero-order valence-corrected chi connectivity index (χ0v) is 13.3. The lowest BCUT2D eigenvalue weighted by Crippen LogP contribution is -2.23. The molecule has 0 radical (unpaired) electrons. The molecule has 1 amide bonds. The fraction of sp³-hybridized carbons (Fsp3) is 0.412. The quantitative estimate of drug-likeness (QED) is 0.766. The average Bonchev–Trinajstić information content (AvgIpc) is 2.88. The van der Waals surface area contributed by atoms with Crippen LogP contribution in [0.5, 0.6) is 0 Å². The normalized spacial score (nSPS) is 11.5. The van der Waals surface area contributed by atoms with E-state index >= 15 is 0 Å². The summed E-state index contributed by atoms with van der Waals surface area (Å²) in [6.07, 6.45) is 1.48. The van der Waals surface area contributed by atoms with Gasteiger partial charge < -0.3 is 10.4 Å². The molecule has 22 heavy (non-hydrogen) atoms. The predicted molar refractivity (Wildman–Crippen MR) is 85.6 cm³/mol. The highest BCUT2D eigenvalue weighted by molar-refractivity contribution is 5.94. The molecule has 0 saturated carbocycles. The largest absolute Gasteiger partial charge is 0.390 e. The van der Waals surface area contributed by atoms with Gasteiger partial charge in [-0.15, -0.1) is 0 Å². The summed E-state index contributed by atoms with van der Waals surface area (Å²) in [6, 6.07) is 9.38. The molecular formula is C17H23N3O2. The molecule has 0 aliphatic rings. The van der Waals surface area contributed by atoms with Crippen molar-refractivity contribution in [2.24, 2.45) is 0 Å². The summed E-state index contributed by atoms with van der Waals surface area (Å²) in [4.78, 5) is 12.1. The second kappa shape index (κ2) is 6.75. The number of nitrogens with one attached hydrogen (secondary N) is 2. The lowest BCUT2D eigenvalue weighted by Gasteiger charge is -2.16. The van der Waals surface area contributed by atoms with Crippen LogP contribution in [0, 0.1) is 6.92 Å². The van der Waals surface area contributed by atoms with E-state index in [1.807, 2.05) is 37.3 Å². The maximum Gasteiger partial charge on any atom is 0.251 e. The molecule has 1 aromatic heterocycles. The highest BCUT2D eigenvalue weighted by atomic mass is 16.3. The SMILES string of the molecule is Cc1cc(CNC(=O)c2ccc(CCC(C)(C)O)cc2)n[nH]1. The number of amides is 1. The van der Waals surface area contributed by atoms with Crippen LogP contribution in [0.15, 0.2) is 30.3 Å². The Kier molecular flexibility index (Phi) is 4.98. The third-order valence-corrected chi connectivity index (χ3v) is 3.43. The van der Waals surface area contributed by atoms with Crippen molar-refractivity contribution in [1.82, 2.24) is 15.5 Å². The first-order chi connectivity index (χ1) is 10.3. The van der Waals surface area contributed by atoms with E-state index in [1.165, 1.54) is 0 Å². The number of carbonyl (C=O) groups excluding carboxylic acids is 1. The smallest absolute Gasteiger partial charge is 0.251 e. The van der Waals surface area contributed by atoms with Gasteiger partial charge in [0.25, 0.3) is 5.91 Å². The van der Waals surface area contributed by atoms with E-state index in [9.17, 15) is 9.90 Å². The number of aromatic nitrogens is 2. The second-order valence-electron chi connectivity index (χ2n) is 6.23. The molecule has 0 fully saturated rings. The van der Waals surface area contributed by atoms with Crippen LogP contribution < -0.4 is 5.32 Å². The van der Waals surface area contributed by atoms with Crippen molar-refractivity contribution >= 4 is 5.91 Å². The molecule has 1 aromatic carbocycles. The minimum Gasteiger partial charge on any atom is -0.390 e. The number of aryl methyl sites for hydroxylation is 2. The van der Waals surface area contributed by atoms with E-state index in [-0.39, 0.29) is 5.91 Å². The molecule has 0 saturated heterocycles. The second-order valence-corrected chi connectivity index (χ2v) is 6.23. The average molecular weight is 301 g/mol. The van der Waals surface area contributed by atoms with Crippen LogP contribution in [0.1, 0.15) is 47.6 Å². The van der Waals surface area contributed by atoms with Gasteiger partial charge in [0.15, 0.2) is 0 Å². The van der Waals surface area contributed by atoms with Crippen LogP contribution in [-0.2, 0) is 13.0 Å². The summed E-state index contributed by atoms with van der Waals surface area (Å²) >= 11 is 0. The molecule has 118 valence electrons. The van der Waals surface area contributed by atoms with Crippen molar-refractivity contribution in [3.05, 3.63) is 52.8 Å². The van der Waals surface area contributed by atoms with Gasteiger partial charge in [-0.3, -0.25) is 9.89 Å². The monoisotopic (exact) mass is 301 g/mol. The zero-order chi connectivity index (χ0) is 16.2.